The number of amides is 2. The van der Waals surface area contributed by atoms with Crippen LogP contribution in [0.25, 0.3) is 10.8 Å². The highest BCUT2D eigenvalue weighted by Gasteiger charge is 2.35. The molecule has 0 spiro atoms. The summed E-state index contributed by atoms with van der Waals surface area (Å²) in [5.74, 6) is -0.103. The van der Waals surface area contributed by atoms with E-state index in [-0.39, 0.29) is 35.9 Å². The molecule has 2 heterocycles. The highest BCUT2D eigenvalue weighted by atomic mass is 32.1. The fourth-order valence-corrected chi connectivity index (χ4v) is 6.39. The van der Waals surface area contributed by atoms with Crippen molar-refractivity contribution < 1.29 is 9.59 Å². The molecule has 0 radical (unpaired) electrons. The first-order valence-corrected chi connectivity index (χ1v) is 14.8. The van der Waals surface area contributed by atoms with Crippen LogP contribution in [0.1, 0.15) is 79.0 Å². The molecule has 39 heavy (non-hydrogen) atoms. The van der Waals surface area contributed by atoms with E-state index in [1.165, 1.54) is 16.0 Å². The normalized spacial score (nSPS) is 16.1. The second-order valence-corrected chi connectivity index (χ2v) is 12.7. The molecular formula is C34H38N2O2S. The predicted molar refractivity (Wildman–Crippen MR) is 161 cm³/mol. The smallest absolute Gasteiger partial charge is 0.254 e. The van der Waals surface area contributed by atoms with Crippen LogP contribution in [0.3, 0.4) is 0 Å². The molecule has 3 aromatic carbocycles. The number of hydrogen-bond donors (Lipinski definition) is 0. The van der Waals surface area contributed by atoms with Gasteiger partial charge >= 0.3 is 0 Å². The van der Waals surface area contributed by atoms with Gasteiger partial charge in [0, 0.05) is 23.0 Å². The predicted octanol–water partition coefficient (Wildman–Crippen LogP) is 7.61. The van der Waals surface area contributed by atoms with Gasteiger partial charge in [-0.1, -0.05) is 82.3 Å². The quantitative estimate of drug-likeness (QED) is 0.253. The molecule has 0 saturated carbocycles. The molecule has 0 saturated heterocycles. The number of nitrogens with zero attached hydrogens (tertiary/aromatic N) is 2. The molecule has 0 fully saturated rings. The van der Waals surface area contributed by atoms with Crippen molar-refractivity contribution in [3.05, 3.63) is 105 Å². The van der Waals surface area contributed by atoms with E-state index in [0.29, 0.717) is 12.1 Å². The second-order valence-electron chi connectivity index (χ2n) is 11.7. The molecule has 1 aromatic heterocycles. The molecule has 202 valence electrons. The van der Waals surface area contributed by atoms with Crippen LogP contribution in [0.5, 0.6) is 0 Å². The van der Waals surface area contributed by atoms with E-state index >= 15 is 0 Å². The Morgan fingerprint density at radius 2 is 1.72 bits per heavy atom. The maximum Gasteiger partial charge on any atom is 0.254 e. The lowest BCUT2D eigenvalue weighted by molar-refractivity contribution is -0.134. The minimum atomic E-state index is -0.143. The fraction of sp³-hybridized carbons (Fsp3) is 0.353. The van der Waals surface area contributed by atoms with Crippen molar-refractivity contribution in [2.45, 2.75) is 65.0 Å². The van der Waals surface area contributed by atoms with Crippen LogP contribution in [0.2, 0.25) is 0 Å². The van der Waals surface area contributed by atoms with Gasteiger partial charge in [0.15, 0.2) is 0 Å². The van der Waals surface area contributed by atoms with E-state index in [1.807, 2.05) is 54.3 Å². The van der Waals surface area contributed by atoms with E-state index in [4.69, 9.17) is 0 Å². The SMILES string of the molecule is CC[C@@H](C)N(CC(=O)N1CCc2sccc2[C@@H]1c1ccc(C(C)(C)C)cc1)C(=O)c1ccc2ccccc2c1. The zero-order valence-electron chi connectivity index (χ0n) is 23.6. The number of fused-ring (bicyclic) bond motifs is 2. The Morgan fingerprint density at radius 1 is 1.00 bits per heavy atom. The van der Waals surface area contributed by atoms with Crippen molar-refractivity contribution in [2.24, 2.45) is 0 Å². The molecule has 5 rings (SSSR count). The third-order valence-electron chi connectivity index (χ3n) is 8.06. The Bertz CT molecular complexity index is 1480. The third-order valence-corrected chi connectivity index (χ3v) is 9.06. The van der Waals surface area contributed by atoms with Crippen LogP contribution in [-0.4, -0.2) is 40.7 Å². The van der Waals surface area contributed by atoms with Gasteiger partial charge in [-0.05, 0) is 76.2 Å². The van der Waals surface area contributed by atoms with E-state index in [0.717, 1.165) is 29.2 Å². The summed E-state index contributed by atoms with van der Waals surface area (Å²) in [5, 5.41) is 4.25. The van der Waals surface area contributed by atoms with E-state index in [9.17, 15) is 9.59 Å². The van der Waals surface area contributed by atoms with Gasteiger partial charge in [-0.3, -0.25) is 9.59 Å². The largest absolute Gasteiger partial charge is 0.330 e. The van der Waals surface area contributed by atoms with Crippen molar-refractivity contribution in [3.63, 3.8) is 0 Å². The Kier molecular flexibility index (Phi) is 7.64. The van der Waals surface area contributed by atoms with Crippen molar-refractivity contribution in [1.29, 1.82) is 0 Å². The summed E-state index contributed by atoms with van der Waals surface area (Å²) in [7, 11) is 0. The van der Waals surface area contributed by atoms with Crippen LogP contribution in [0.15, 0.2) is 78.2 Å². The van der Waals surface area contributed by atoms with Gasteiger partial charge in [-0.25, -0.2) is 0 Å². The zero-order valence-corrected chi connectivity index (χ0v) is 24.4. The third kappa shape index (κ3) is 5.51. The molecule has 2 atom stereocenters. The monoisotopic (exact) mass is 538 g/mol. The Hall–Kier alpha value is -3.44. The lowest BCUT2D eigenvalue weighted by Crippen LogP contribution is -2.49. The highest BCUT2D eigenvalue weighted by molar-refractivity contribution is 7.10. The van der Waals surface area contributed by atoms with Crippen molar-refractivity contribution in [1.82, 2.24) is 9.80 Å². The molecule has 0 aliphatic carbocycles. The molecule has 5 heteroatoms. The number of carbonyl (C=O) groups excluding carboxylic acids is 2. The van der Waals surface area contributed by atoms with E-state index < -0.39 is 0 Å². The average Bonchev–Trinajstić information content (AvgIpc) is 3.43. The van der Waals surface area contributed by atoms with Gasteiger partial charge in [0.2, 0.25) is 5.91 Å². The average molecular weight is 539 g/mol. The Labute approximate surface area is 236 Å². The minimum absolute atomic E-state index is 0.00816. The van der Waals surface area contributed by atoms with Crippen LogP contribution in [0.4, 0.5) is 0 Å². The summed E-state index contributed by atoms with van der Waals surface area (Å²) in [4.78, 5) is 33.0. The van der Waals surface area contributed by atoms with Gasteiger partial charge < -0.3 is 9.80 Å². The van der Waals surface area contributed by atoms with Crippen LogP contribution < -0.4 is 0 Å². The number of carbonyl (C=O) groups is 2. The minimum Gasteiger partial charge on any atom is -0.330 e. The summed E-state index contributed by atoms with van der Waals surface area (Å²) >= 11 is 1.77. The standard InChI is InChI=1S/C34H38N2O2S/c1-6-23(2)36(33(38)27-12-11-24-9-7-8-10-26(24)21-27)22-31(37)35-19-17-30-29(18-20-39-30)32(35)25-13-15-28(16-14-25)34(3,4)5/h7-16,18,20-21,23,32H,6,17,19,22H2,1-5H3/t23-,32+/m1/s1. The Morgan fingerprint density at radius 3 is 2.41 bits per heavy atom. The summed E-state index contributed by atoms with van der Waals surface area (Å²) in [6.45, 7) is 11.5. The van der Waals surface area contributed by atoms with Gasteiger partial charge in [0.1, 0.15) is 6.54 Å². The summed E-state index contributed by atoms with van der Waals surface area (Å²) in [6.07, 6.45) is 1.62. The van der Waals surface area contributed by atoms with Crippen LogP contribution >= 0.6 is 11.3 Å². The lowest BCUT2D eigenvalue weighted by Gasteiger charge is -2.38. The van der Waals surface area contributed by atoms with Crippen molar-refractivity contribution in [3.8, 4) is 0 Å². The number of benzene rings is 3. The first-order valence-electron chi connectivity index (χ1n) is 13.9. The molecular weight excluding hydrogens is 500 g/mol. The van der Waals surface area contributed by atoms with E-state index in [2.05, 4.69) is 63.4 Å². The molecule has 4 aromatic rings. The Balaban J connectivity index is 1.45. The second kappa shape index (κ2) is 11.0. The topological polar surface area (TPSA) is 40.6 Å². The molecule has 0 N–H and O–H groups in total. The molecule has 2 amide bonds. The molecule has 0 bridgehead atoms. The molecule has 0 unspecified atom stereocenters. The maximum absolute atomic E-state index is 14.1. The van der Waals surface area contributed by atoms with E-state index in [1.54, 1.807) is 16.2 Å². The number of rotatable bonds is 6. The van der Waals surface area contributed by atoms with Gasteiger partial charge in [-0.2, -0.15) is 0 Å². The van der Waals surface area contributed by atoms with Crippen LogP contribution in [-0.2, 0) is 16.6 Å². The number of thiophene rings is 1. The van der Waals surface area contributed by atoms with Crippen molar-refractivity contribution >= 4 is 33.9 Å². The zero-order chi connectivity index (χ0) is 27.7. The van der Waals surface area contributed by atoms with Gasteiger partial charge in [0.25, 0.3) is 5.91 Å². The van der Waals surface area contributed by atoms with Crippen LogP contribution in [0, 0.1) is 0 Å². The highest BCUT2D eigenvalue weighted by Crippen LogP contribution is 2.38. The van der Waals surface area contributed by atoms with Crippen molar-refractivity contribution in [2.75, 3.05) is 13.1 Å². The summed E-state index contributed by atoms with van der Waals surface area (Å²) in [6, 6.07) is 24.5. The maximum atomic E-state index is 14.1. The first kappa shape index (κ1) is 27.1. The fourth-order valence-electron chi connectivity index (χ4n) is 5.48. The molecule has 4 nitrogen and oxygen atoms in total. The lowest BCUT2D eigenvalue weighted by atomic mass is 9.85. The molecule has 1 aliphatic rings. The summed E-state index contributed by atoms with van der Waals surface area (Å²) < 4.78 is 0. The number of hydrogen-bond acceptors (Lipinski definition) is 3. The first-order chi connectivity index (χ1) is 18.7. The molecule has 1 aliphatic heterocycles. The summed E-state index contributed by atoms with van der Waals surface area (Å²) in [5.41, 5.74) is 4.28. The van der Waals surface area contributed by atoms with Gasteiger partial charge in [0.05, 0.1) is 6.04 Å². The van der Waals surface area contributed by atoms with Gasteiger partial charge in [-0.15, -0.1) is 11.3 Å².